The number of carbonyl (C=O) groups is 1. The Kier molecular flexibility index (Phi) is 8.61. The molecule has 2 unspecified atom stereocenters. The molecule has 4 rings (SSSR count). The van der Waals surface area contributed by atoms with Gasteiger partial charge >= 0.3 is 0 Å². The van der Waals surface area contributed by atoms with Gasteiger partial charge in [-0.1, -0.05) is 17.7 Å². The molecule has 2 heterocycles. The highest BCUT2D eigenvalue weighted by molar-refractivity contribution is 7.90. The number of fused-ring (bicyclic) bond motifs is 1. The number of halogens is 3. The summed E-state index contributed by atoms with van der Waals surface area (Å²) in [4.78, 5) is 31.8. The number of amides is 1. The number of aromatic amines is 1. The predicted octanol–water partition coefficient (Wildman–Crippen LogP) is 2.38. The molecule has 1 aromatic heterocycles. The molecule has 1 aliphatic rings. The van der Waals surface area contributed by atoms with Gasteiger partial charge < -0.3 is 24.5 Å². The first-order valence-electron chi connectivity index (χ1n) is 11.5. The zero-order valence-electron chi connectivity index (χ0n) is 20.1. The summed E-state index contributed by atoms with van der Waals surface area (Å²) in [6.07, 6.45) is 0.458. The fourth-order valence-electron chi connectivity index (χ4n) is 3.82. The number of nitrogens with zero attached hydrogens (tertiary/aromatic N) is 1. The van der Waals surface area contributed by atoms with E-state index in [0.717, 1.165) is 12.3 Å². The van der Waals surface area contributed by atoms with Crippen molar-refractivity contribution in [3.8, 4) is 5.75 Å². The van der Waals surface area contributed by atoms with E-state index < -0.39 is 45.1 Å². The third-order valence-corrected chi connectivity index (χ3v) is 6.91. The van der Waals surface area contributed by atoms with Crippen LogP contribution in [0.2, 0.25) is 5.02 Å². The number of nitrogens with one attached hydrogen (secondary N) is 2. The third-order valence-electron chi connectivity index (χ3n) is 5.64. The molecular formula is C24H24ClF2N3O7S. The molecule has 3 aromatic rings. The maximum atomic E-state index is 14.6. The highest BCUT2D eigenvalue weighted by atomic mass is 35.5. The van der Waals surface area contributed by atoms with Gasteiger partial charge in [0.15, 0.2) is 17.4 Å². The van der Waals surface area contributed by atoms with Crippen molar-refractivity contribution < 1.29 is 36.2 Å². The predicted molar refractivity (Wildman–Crippen MR) is 134 cm³/mol. The Hall–Kier alpha value is -3.13. The van der Waals surface area contributed by atoms with Crippen LogP contribution in [-0.4, -0.2) is 68.3 Å². The number of hydrogen-bond acceptors (Lipinski definition) is 8. The van der Waals surface area contributed by atoms with Crippen molar-refractivity contribution in [2.75, 3.05) is 31.8 Å². The Balaban J connectivity index is 1.40. The second kappa shape index (κ2) is 11.7. The molecule has 0 radical (unpaired) electrons. The SMILES string of the molecule is CS(=O)(=O)CC1COC(CCOc2c(F)ccc3nc(C(=O)NCc4ccc(F)c(Cl)c4)[nH]c(=O)c23)CO1. The molecule has 38 heavy (non-hydrogen) atoms. The summed E-state index contributed by atoms with van der Waals surface area (Å²) < 4.78 is 67.3. The van der Waals surface area contributed by atoms with Crippen molar-refractivity contribution in [1.82, 2.24) is 15.3 Å². The van der Waals surface area contributed by atoms with Crippen LogP contribution < -0.4 is 15.6 Å². The van der Waals surface area contributed by atoms with Crippen molar-refractivity contribution >= 4 is 38.2 Å². The first-order chi connectivity index (χ1) is 18.0. The largest absolute Gasteiger partial charge is 0.489 e. The minimum atomic E-state index is -3.20. The second-order valence-corrected chi connectivity index (χ2v) is 11.3. The standard InChI is InChI=1S/C24H24ClF2N3O7S/c1-38(33,34)12-15-11-36-14(10-37-15)6-7-35-21-18(27)4-5-19-20(21)23(31)30-22(29-19)24(32)28-9-13-2-3-17(26)16(25)8-13/h2-5,8,14-15H,6-7,9-12H2,1H3,(H,28,32)(H,29,30,31). The van der Waals surface area contributed by atoms with Gasteiger partial charge in [-0.3, -0.25) is 9.59 Å². The summed E-state index contributed by atoms with van der Waals surface area (Å²) in [6.45, 7) is 0.221. The topological polar surface area (TPSA) is 137 Å². The van der Waals surface area contributed by atoms with Crippen molar-refractivity contribution in [3.05, 3.63) is 68.7 Å². The summed E-state index contributed by atoms with van der Waals surface area (Å²) in [6, 6.07) is 6.30. The van der Waals surface area contributed by atoms with Crippen LogP contribution in [0.3, 0.4) is 0 Å². The Bertz CT molecular complexity index is 1510. The van der Waals surface area contributed by atoms with Gasteiger partial charge in [0.2, 0.25) is 0 Å². The molecule has 1 fully saturated rings. The number of sulfone groups is 1. The first-order valence-corrected chi connectivity index (χ1v) is 13.9. The van der Waals surface area contributed by atoms with Crippen LogP contribution >= 0.6 is 11.6 Å². The fourth-order valence-corrected chi connectivity index (χ4v) is 4.89. The van der Waals surface area contributed by atoms with Gasteiger partial charge in [-0.15, -0.1) is 0 Å². The minimum absolute atomic E-state index is 0.000313. The average Bonchev–Trinajstić information content (AvgIpc) is 2.86. The molecule has 1 amide bonds. The molecule has 0 saturated carbocycles. The van der Waals surface area contributed by atoms with Crippen LogP contribution in [0.5, 0.6) is 5.75 Å². The molecule has 0 aliphatic carbocycles. The Labute approximate surface area is 221 Å². The Morgan fingerprint density at radius 3 is 2.58 bits per heavy atom. The van der Waals surface area contributed by atoms with E-state index in [2.05, 4.69) is 15.3 Å². The number of ether oxygens (including phenoxy) is 3. The molecule has 2 aromatic carbocycles. The van der Waals surface area contributed by atoms with Crippen LogP contribution in [-0.2, 0) is 25.9 Å². The van der Waals surface area contributed by atoms with Gasteiger partial charge in [0.25, 0.3) is 11.5 Å². The molecule has 2 atom stereocenters. The van der Waals surface area contributed by atoms with E-state index in [1.165, 1.54) is 24.3 Å². The number of hydrogen-bond donors (Lipinski definition) is 2. The zero-order chi connectivity index (χ0) is 27.4. The Morgan fingerprint density at radius 1 is 1.18 bits per heavy atom. The fraction of sp³-hybridized carbons (Fsp3) is 0.375. The van der Waals surface area contributed by atoms with E-state index in [4.69, 9.17) is 25.8 Å². The average molecular weight is 572 g/mol. The van der Waals surface area contributed by atoms with Gasteiger partial charge in [-0.2, -0.15) is 0 Å². The molecule has 10 nitrogen and oxygen atoms in total. The van der Waals surface area contributed by atoms with Crippen LogP contribution in [0.4, 0.5) is 8.78 Å². The van der Waals surface area contributed by atoms with Crippen molar-refractivity contribution in [2.45, 2.75) is 25.2 Å². The quantitative estimate of drug-likeness (QED) is 0.399. The van der Waals surface area contributed by atoms with E-state index in [1.807, 2.05) is 0 Å². The van der Waals surface area contributed by atoms with Crippen LogP contribution in [0, 0.1) is 11.6 Å². The second-order valence-electron chi connectivity index (χ2n) is 8.76. The van der Waals surface area contributed by atoms with E-state index in [1.54, 1.807) is 0 Å². The first kappa shape index (κ1) is 27.9. The van der Waals surface area contributed by atoms with Crippen molar-refractivity contribution in [3.63, 3.8) is 0 Å². The molecule has 204 valence electrons. The summed E-state index contributed by atoms with van der Waals surface area (Å²) >= 11 is 5.74. The van der Waals surface area contributed by atoms with Crippen molar-refractivity contribution in [2.24, 2.45) is 0 Å². The summed E-state index contributed by atoms with van der Waals surface area (Å²) in [5.41, 5.74) is -0.203. The molecular weight excluding hydrogens is 548 g/mol. The van der Waals surface area contributed by atoms with Gasteiger partial charge in [0, 0.05) is 19.2 Å². The summed E-state index contributed by atoms with van der Waals surface area (Å²) in [7, 11) is -3.20. The number of carbonyl (C=O) groups excluding carboxylic acids is 1. The molecule has 0 spiro atoms. The van der Waals surface area contributed by atoms with E-state index in [-0.39, 0.29) is 59.6 Å². The monoisotopic (exact) mass is 571 g/mol. The molecule has 14 heteroatoms. The lowest BCUT2D eigenvalue weighted by atomic mass is 10.2. The van der Waals surface area contributed by atoms with E-state index in [9.17, 15) is 26.8 Å². The smallest absolute Gasteiger partial charge is 0.287 e. The normalized spacial score (nSPS) is 17.9. The summed E-state index contributed by atoms with van der Waals surface area (Å²) in [5, 5.41) is 2.29. The van der Waals surface area contributed by atoms with Gasteiger partial charge in [0.1, 0.15) is 21.0 Å². The van der Waals surface area contributed by atoms with Crippen molar-refractivity contribution in [1.29, 1.82) is 0 Å². The Morgan fingerprint density at radius 2 is 1.89 bits per heavy atom. The van der Waals surface area contributed by atoms with Gasteiger partial charge in [0.05, 0.1) is 48.3 Å². The zero-order valence-corrected chi connectivity index (χ0v) is 21.7. The molecule has 0 bridgehead atoms. The number of aromatic nitrogens is 2. The number of rotatable bonds is 9. The number of benzene rings is 2. The van der Waals surface area contributed by atoms with E-state index in [0.29, 0.717) is 12.0 Å². The van der Waals surface area contributed by atoms with Crippen LogP contribution in [0.15, 0.2) is 35.1 Å². The van der Waals surface area contributed by atoms with E-state index >= 15 is 0 Å². The minimum Gasteiger partial charge on any atom is -0.489 e. The van der Waals surface area contributed by atoms with Crippen LogP contribution in [0.25, 0.3) is 10.9 Å². The van der Waals surface area contributed by atoms with Crippen LogP contribution in [0.1, 0.15) is 22.6 Å². The van der Waals surface area contributed by atoms with Gasteiger partial charge in [-0.05, 0) is 29.8 Å². The maximum Gasteiger partial charge on any atom is 0.287 e. The lowest BCUT2D eigenvalue weighted by Crippen LogP contribution is -2.39. The lowest BCUT2D eigenvalue weighted by Gasteiger charge is -2.29. The third kappa shape index (κ3) is 7.04. The molecule has 1 aliphatic heterocycles. The molecule has 1 saturated heterocycles. The lowest BCUT2D eigenvalue weighted by molar-refractivity contribution is -0.129. The van der Waals surface area contributed by atoms with Gasteiger partial charge in [-0.25, -0.2) is 22.2 Å². The summed E-state index contributed by atoms with van der Waals surface area (Å²) in [5.74, 6) is -2.86. The molecule has 2 N–H and O–H groups in total. The highest BCUT2D eigenvalue weighted by Crippen LogP contribution is 2.26. The maximum absolute atomic E-state index is 14.6. The number of H-pyrrole nitrogens is 1. The highest BCUT2D eigenvalue weighted by Gasteiger charge is 2.25.